The SMILES string of the molecule is CCC(O)(c1cnc(Sc2ccc3c(ccc4nccn43)c2)s1)C(F)(F)F. The van der Waals surface area contributed by atoms with Crippen molar-refractivity contribution < 1.29 is 18.3 Å². The van der Waals surface area contributed by atoms with Crippen molar-refractivity contribution in [3.63, 3.8) is 0 Å². The maximum Gasteiger partial charge on any atom is 0.422 e. The van der Waals surface area contributed by atoms with Gasteiger partial charge in [-0.05, 0) is 42.1 Å². The van der Waals surface area contributed by atoms with Crippen molar-refractivity contribution in [2.45, 2.75) is 34.4 Å². The summed E-state index contributed by atoms with van der Waals surface area (Å²) in [4.78, 5) is 8.98. The van der Waals surface area contributed by atoms with E-state index in [2.05, 4.69) is 9.97 Å². The fourth-order valence-corrected chi connectivity index (χ4v) is 5.05. The van der Waals surface area contributed by atoms with Crippen LogP contribution in [0.25, 0.3) is 16.6 Å². The lowest BCUT2D eigenvalue weighted by molar-refractivity contribution is -0.266. The summed E-state index contributed by atoms with van der Waals surface area (Å²) in [5.74, 6) is 0. The van der Waals surface area contributed by atoms with Crippen LogP contribution in [0.1, 0.15) is 18.2 Å². The molecule has 0 saturated carbocycles. The third-order valence-corrected chi connectivity index (χ3v) is 6.63. The van der Waals surface area contributed by atoms with Crippen molar-refractivity contribution in [3.8, 4) is 0 Å². The number of fused-ring (bicyclic) bond motifs is 3. The van der Waals surface area contributed by atoms with Gasteiger partial charge < -0.3 is 5.11 Å². The molecule has 27 heavy (non-hydrogen) atoms. The molecule has 4 nitrogen and oxygen atoms in total. The Labute approximate surface area is 160 Å². The first-order valence-corrected chi connectivity index (χ1v) is 9.74. The first kappa shape index (κ1) is 18.3. The second kappa shape index (κ2) is 6.50. The van der Waals surface area contributed by atoms with Crippen LogP contribution in [0.5, 0.6) is 0 Å². The molecular weight excluding hydrogens is 395 g/mol. The topological polar surface area (TPSA) is 50.4 Å². The van der Waals surface area contributed by atoms with Crippen LogP contribution in [0.3, 0.4) is 0 Å². The van der Waals surface area contributed by atoms with Crippen molar-refractivity contribution in [1.82, 2.24) is 14.4 Å². The average Bonchev–Trinajstić information content (AvgIpc) is 3.29. The van der Waals surface area contributed by atoms with Gasteiger partial charge >= 0.3 is 6.18 Å². The van der Waals surface area contributed by atoms with E-state index in [1.54, 1.807) is 6.20 Å². The number of imidazole rings is 1. The molecule has 0 saturated heterocycles. The number of aromatic nitrogens is 3. The summed E-state index contributed by atoms with van der Waals surface area (Å²) >= 11 is 2.13. The molecule has 0 radical (unpaired) electrons. The number of thiazole rings is 1. The van der Waals surface area contributed by atoms with Gasteiger partial charge in [-0.3, -0.25) is 4.40 Å². The zero-order valence-electron chi connectivity index (χ0n) is 14.1. The van der Waals surface area contributed by atoms with E-state index in [0.29, 0.717) is 4.34 Å². The summed E-state index contributed by atoms with van der Waals surface area (Å²) in [5.41, 5.74) is -1.02. The van der Waals surface area contributed by atoms with Gasteiger partial charge in [-0.2, -0.15) is 13.2 Å². The molecule has 0 aliphatic rings. The first-order valence-electron chi connectivity index (χ1n) is 8.11. The number of benzene rings is 1. The Kier molecular flexibility index (Phi) is 4.40. The Hall–Kier alpha value is -2.10. The summed E-state index contributed by atoms with van der Waals surface area (Å²) < 4.78 is 42.1. The molecule has 9 heteroatoms. The lowest BCUT2D eigenvalue weighted by Crippen LogP contribution is -2.40. The van der Waals surface area contributed by atoms with Crippen molar-refractivity contribution in [2.24, 2.45) is 0 Å². The Balaban J connectivity index is 1.65. The van der Waals surface area contributed by atoms with E-state index < -0.39 is 18.2 Å². The highest BCUT2D eigenvalue weighted by Gasteiger charge is 2.54. The van der Waals surface area contributed by atoms with Crippen molar-refractivity contribution >= 4 is 39.6 Å². The maximum atomic E-state index is 13.2. The molecule has 1 unspecified atom stereocenters. The summed E-state index contributed by atoms with van der Waals surface area (Å²) in [6, 6.07) is 9.65. The number of pyridine rings is 1. The Morgan fingerprint density at radius 3 is 2.74 bits per heavy atom. The molecule has 1 atom stereocenters. The molecule has 0 aliphatic carbocycles. The van der Waals surface area contributed by atoms with E-state index in [0.717, 1.165) is 39.0 Å². The minimum atomic E-state index is -4.74. The highest BCUT2D eigenvalue weighted by Crippen LogP contribution is 2.45. The fourth-order valence-electron chi connectivity index (χ4n) is 2.87. The summed E-state index contributed by atoms with van der Waals surface area (Å²) in [7, 11) is 0. The monoisotopic (exact) mass is 409 g/mol. The number of hydrogen-bond donors (Lipinski definition) is 1. The van der Waals surface area contributed by atoms with E-state index in [1.165, 1.54) is 18.7 Å². The number of halogens is 3. The molecule has 0 aliphatic heterocycles. The van der Waals surface area contributed by atoms with Gasteiger partial charge in [-0.25, -0.2) is 9.97 Å². The normalized spacial score (nSPS) is 14.7. The zero-order chi connectivity index (χ0) is 19.2. The zero-order valence-corrected chi connectivity index (χ0v) is 15.7. The standard InChI is InChI=1S/C18H14F3N3OS2/c1-2-17(25,18(19,20)21)14-10-23-16(27-14)26-12-4-5-13-11(9-12)3-6-15-22-7-8-24(13)15/h3-10,25H,2H2,1H3. The molecule has 4 rings (SSSR count). The molecule has 0 spiro atoms. The predicted octanol–water partition coefficient (Wildman–Crippen LogP) is 5.26. The third kappa shape index (κ3) is 3.09. The fraction of sp³-hybridized carbons (Fsp3) is 0.222. The molecule has 1 N–H and O–H groups in total. The van der Waals surface area contributed by atoms with Gasteiger partial charge in [0.15, 0.2) is 9.94 Å². The number of nitrogens with zero attached hydrogens (tertiary/aromatic N) is 3. The third-order valence-electron chi connectivity index (χ3n) is 4.42. The highest BCUT2D eigenvalue weighted by molar-refractivity contribution is 8.01. The maximum absolute atomic E-state index is 13.2. The molecule has 140 valence electrons. The van der Waals surface area contributed by atoms with E-state index in [1.807, 2.05) is 40.9 Å². The van der Waals surface area contributed by atoms with E-state index >= 15 is 0 Å². The molecule has 3 aromatic heterocycles. The van der Waals surface area contributed by atoms with Crippen LogP contribution in [-0.4, -0.2) is 25.7 Å². The lowest BCUT2D eigenvalue weighted by atomic mass is 9.99. The number of alkyl halides is 3. The lowest BCUT2D eigenvalue weighted by Gasteiger charge is -2.27. The number of aliphatic hydroxyl groups is 1. The second-order valence-corrected chi connectivity index (χ2v) is 8.36. The van der Waals surface area contributed by atoms with E-state index in [9.17, 15) is 18.3 Å². The van der Waals surface area contributed by atoms with Gasteiger partial charge in [0.2, 0.25) is 0 Å². The Morgan fingerprint density at radius 1 is 1.19 bits per heavy atom. The van der Waals surface area contributed by atoms with Crippen LogP contribution in [-0.2, 0) is 5.60 Å². The Bertz CT molecular complexity index is 1120. The first-order chi connectivity index (χ1) is 12.8. The van der Waals surface area contributed by atoms with Gasteiger partial charge in [0.25, 0.3) is 0 Å². The quantitative estimate of drug-likeness (QED) is 0.500. The van der Waals surface area contributed by atoms with Crippen LogP contribution in [0, 0.1) is 0 Å². The van der Waals surface area contributed by atoms with Gasteiger partial charge in [0.05, 0.1) is 10.4 Å². The van der Waals surface area contributed by atoms with Gasteiger partial charge in [0.1, 0.15) is 5.65 Å². The molecule has 1 aromatic carbocycles. The highest BCUT2D eigenvalue weighted by atomic mass is 32.2. The van der Waals surface area contributed by atoms with Crippen molar-refractivity contribution in [3.05, 3.63) is 53.8 Å². The average molecular weight is 409 g/mol. The smallest absolute Gasteiger partial charge is 0.376 e. The molecule has 3 heterocycles. The van der Waals surface area contributed by atoms with Gasteiger partial charge in [0, 0.05) is 23.5 Å². The summed E-state index contributed by atoms with van der Waals surface area (Å²) in [6.07, 6.45) is -0.487. The van der Waals surface area contributed by atoms with Crippen LogP contribution in [0.2, 0.25) is 0 Å². The van der Waals surface area contributed by atoms with Crippen LogP contribution in [0.4, 0.5) is 13.2 Å². The minimum Gasteiger partial charge on any atom is -0.376 e. The van der Waals surface area contributed by atoms with Crippen molar-refractivity contribution in [2.75, 3.05) is 0 Å². The summed E-state index contributed by atoms with van der Waals surface area (Å²) in [6.45, 7) is 1.31. The van der Waals surface area contributed by atoms with Crippen LogP contribution < -0.4 is 0 Å². The summed E-state index contributed by atoms with van der Waals surface area (Å²) in [5, 5.41) is 11.0. The molecular formula is C18H14F3N3OS2. The van der Waals surface area contributed by atoms with Gasteiger partial charge in [-0.1, -0.05) is 18.7 Å². The van der Waals surface area contributed by atoms with Gasteiger partial charge in [-0.15, -0.1) is 11.3 Å². The minimum absolute atomic E-state index is 0.194. The molecule has 0 amide bonds. The number of hydrogen-bond acceptors (Lipinski definition) is 5. The van der Waals surface area contributed by atoms with E-state index in [4.69, 9.17) is 0 Å². The van der Waals surface area contributed by atoms with Crippen molar-refractivity contribution in [1.29, 1.82) is 0 Å². The largest absolute Gasteiger partial charge is 0.422 e. The van der Waals surface area contributed by atoms with Crippen LogP contribution >= 0.6 is 23.1 Å². The molecule has 0 bridgehead atoms. The Morgan fingerprint density at radius 2 is 2.00 bits per heavy atom. The second-order valence-electron chi connectivity index (χ2n) is 6.01. The molecule has 0 fully saturated rings. The molecule has 4 aromatic rings. The van der Waals surface area contributed by atoms with E-state index in [-0.39, 0.29) is 4.88 Å². The predicted molar refractivity (Wildman–Crippen MR) is 99.2 cm³/mol. The number of rotatable bonds is 4. The van der Waals surface area contributed by atoms with Crippen LogP contribution in [0.15, 0.2) is 58.2 Å².